The molecule has 0 radical (unpaired) electrons. The number of benzene rings is 1. The van der Waals surface area contributed by atoms with Crippen molar-refractivity contribution in [1.82, 2.24) is 0 Å². The van der Waals surface area contributed by atoms with E-state index in [-0.39, 0.29) is 5.69 Å². The molecule has 1 aliphatic heterocycles. The summed E-state index contributed by atoms with van der Waals surface area (Å²) in [6.07, 6.45) is 1.75. The van der Waals surface area contributed by atoms with Crippen LogP contribution >= 0.6 is 0 Å². The van der Waals surface area contributed by atoms with Crippen LogP contribution in [0, 0.1) is 0 Å². The summed E-state index contributed by atoms with van der Waals surface area (Å²) in [6.45, 7) is 0.326. The SMILES string of the molecule is O=C(O)C1CCCCN1c1ccccc1S(=O)(=O)C(F)F. The summed E-state index contributed by atoms with van der Waals surface area (Å²) in [7, 11) is -4.77. The number of hydrogen-bond donors (Lipinski definition) is 1. The van der Waals surface area contributed by atoms with Crippen molar-refractivity contribution in [1.29, 1.82) is 0 Å². The van der Waals surface area contributed by atoms with E-state index in [1.54, 1.807) is 0 Å². The van der Waals surface area contributed by atoms with Gasteiger partial charge in [0, 0.05) is 6.54 Å². The molecule has 1 heterocycles. The van der Waals surface area contributed by atoms with E-state index in [2.05, 4.69) is 0 Å². The van der Waals surface area contributed by atoms with E-state index in [0.717, 1.165) is 6.07 Å². The Morgan fingerprint density at radius 1 is 1.29 bits per heavy atom. The molecule has 1 N–H and O–H groups in total. The van der Waals surface area contributed by atoms with Crippen molar-refractivity contribution in [2.75, 3.05) is 11.4 Å². The number of nitrogens with zero attached hydrogens (tertiary/aromatic N) is 1. The molecular weight excluding hydrogens is 304 g/mol. The molecule has 2 rings (SSSR count). The lowest BCUT2D eigenvalue weighted by molar-refractivity contribution is -0.139. The number of hydrogen-bond acceptors (Lipinski definition) is 4. The molecule has 0 spiro atoms. The summed E-state index contributed by atoms with van der Waals surface area (Å²) in [5.41, 5.74) is 0.0323. The first-order valence-corrected chi connectivity index (χ1v) is 8.01. The Bertz CT molecular complexity index is 633. The summed E-state index contributed by atoms with van der Waals surface area (Å²) in [6, 6.07) is 4.42. The fourth-order valence-corrected chi connectivity index (χ4v) is 3.44. The van der Waals surface area contributed by atoms with E-state index in [4.69, 9.17) is 0 Å². The van der Waals surface area contributed by atoms with Gasteiger partial charge in [-0.25, -0.2) is 13.2 Å². The first-order valence-electron chi connectivity index (χ1n) is 6.46. The number of carboxylic acids is 1. The van der Waals surface area contributed by atoms with Crippen molar-refractivity contribution in [3.63, 3.8) is 0 Å². The molecule has 0 amide bonds. The van der Waals surface area contributed by atoms with E-state index in [0.29, 0.717) is 25.8 Å². The van der Waals surface area contributed by atoms with Crippen molar-refractivity contribution in [3.05, 3.63) is 24.3 Å². The van der Waals surface area contributed by atoms with Crippen molar-refractivity contribution in [3.8, 4) is 0 Å². The van der Waals surface area contributed by atoms with Crippen LogP contribution in [0.5, 0.6) is 0 Å². The maximum absolute atomic E-state index is 12.8. The summed E-state index contributed by atoms with van der Waals surface area (Å²) in [5, 5.41) is 9.23. The second-order valence-electron chi connectivity index (χ2n) is 4.82. The molecule has 1 fully saturated rings. The Labute approximate surface area is 121 Å². The van der Waals surface area contributed by atoms with E-state index in [1.807, 2.05) is 0 Å². The van der Waals surface area contributed by atoms with Crippen molar-refractivity contribution < 1.29 is 27.1 Å². The molecule has 0 aromatic heterocycles. The van der Waals surface area contributed by atoms with E-state index >= 15 is 0 Å². The van der Waals surface area contributed by atoms with Gasteiger partial charge in [0.25, 0.3) is 0 Å². The highest BCUT2D eigenvalue weighted by Gasteiger charge is 2.35. The molecule has 0 bridgehead atoms. The third-order valence-electron chi connectivity index (χ3n) is 3.50. The van der Waals surface area contributed by atoms with E-state index in [9.17, 15) is 27.1 Å². The van der Waals surface area contributed by atoms with Crippen LogP contribution in [0.2, 0.25) is 0 Å². The van der Waals surface area contributed by atoms with Crippen LogP contribution in [0.25, 0.3) is 0 Å². The van der Waals surface area contributed by atoms with Crippen molar-refractivity contribution in [2.24, 2.45) is 0 Å². The topological polar surface area (TPSA) is 74.7 Å². The molecule has 1 aromatic carbocycles. The highest BCUT2D eigenvalue weighted by molar-refractivity contribution is 7.91. The molecule has 5 nitrogen and oxygen atoms in total. The number of carbonyl (C=O) groups is 1. The fourth-order valence-electron chi connectivity index (χ4n) is 2.51. The predicted molar refractivity (Wildman–Crippen MR) is 72.3 cm³/mol. The number of piperidine rings is 1. The van der Waals surface area contributed by atoms with Crippen LogP contribution in [0.3, 0.4) is 0 Å². The summed E-state index contributed by atoms with van der Waals surface area (Å²) >= 11 is 0. The molecule has 0 aliphatic carbocycles. The number of halogens is 2. The predicted octanol–water partition coefficient (Wildman–Crippen LogP) is 2.13. The number of para-hydroxylation sites is 1. The van der Waals surface area contributed by atoms with Crippen molar-refractivity contribution >= 4 is 21.5 Å². The zero-order chi connectivity index (χ0) is 15.6. The van der Waals surface area contributed by atoms with Crippen LogP contribution < -0.4 is 4.90 Å². The number of rotatable bonds is 4. The van der Waals surface area contributed by atoms with Crippen LogP contribution in [0.4, 0.5) is 14.5 Å². The average Bonchev–Trinajstić information content (AvgIpc) is 2.47. The number of alkyl halides is 2. The van der Waals surface area contributed by atoms with Crippen molar-refractivity contribution in [2.45, 2.75) is 36.0 Å². The molecular formula is C13H15F2NO4S. The second-order valence-corrected chi connectivity index (χ2v) is 6.70. The summed E-state index contributed by atoms with van der Waals surface area (Å²) in [5.74, 6) is -4.62. The molecule has 1 aliphatic rings. The maximum atomic E-state index is 12.8. The lowest BCUT2D eigenvalue weighted by Gasteiger charge is -2.35. The fraction of sp³-hybridized carbons (Fsp3) is 0.462. The minimum absolute atomic E-state index is 0.0323. The van der Waals surface area contributed by atoms with Crippen LogP contribution in [0.15, 0.2) is 29.2 Å². The van der Waals surface area contributed by atoms with Gasteiger partial charge >= 0.3 is 11.7 Å². The molecule has 1 atom stereocenters. The second kappa shape index (κ2) is 5.97. The molecule has 21 heavy (non-hydrogen) atoms. The van der Waals surface area contributed by atoms with Gasteiger partial charge in [-0.3, -0.25) is 0 Å². The molecule has 0 saturated carbocycles. The minimum atomic E-state index is -4.77. The summed E-state index contributed by atoms with van der Waals surface area (Å²) < 4.78 is 49.1. The number of aliphatic carboxylic acids is 1. The van der Waals surface area contributed by atoms with Gasteiger partial charge in [-0.15, -0.1) is 0 Å². The van der Waals surface area contributed by atoms with Gasteiger partial charge in [0.2, 0.25) is 9.84 Å². The third-order valence-corrected chi connectivity index (χ3v) is 4.93. The van der Waals surface area contributed by atoms with Gasteiger partial charge < -0.3 is 10.0 Å². The Morgan fingerprint density at radius 2 is 1.95 bits per heavy atom. The van der Waals surface area contributed by atoms with Gasteiger partial charge in [0.15, 0.2) is 0 Å². The smallest absolute Gasteiger partial charge is 0.341 e. The summed E-state index contributed by atoms with van der Waals surface area (Å²) in [4.78, 5) is 12.2. The van der Waals surface area contributed by atoms with Crippen LogP contribution in [-0.4, -0.2) is 37.8 Å². The van der Waals surface area contributed by atoms with E-state index in [1.165, 1.54) is 23.1 Å². The molecule has 1 unspecified atom stereocenters. The normalized spacial score (nSPS) is 19.8. The third kappa shape index (κ3) is 2.99. The Morgan fingerprint density at radius 3 is 2.57 bits per heavy atom. The lowest BCUT2D eigenvalue weighted by Crippen LogP contribution is -2.45. The first kappa shape index (κ1) is 15.7. The van der Waals surface area contributed by atoms with Crippen LogP contribution in [-0.2, 0) is 14.6 Å². The lowest BCUT2D eigenvalue weighted by atomic mass is 10.0. The zero-order valence-electron chi connectivity index (χ0n) is 11.1. The average molecular weight is 319 g/mol. The molecule has 1 saturated heterocycles. The highest BCUT2D eigenvalue weighted by Crippen LogP contribution is 2.33. The largest absolute Gasteiger partial charge is 0.480 e. The number of sulfone groups is 1. The highest BCUT2D eigenvalue weighted by atomic mass is 32.2. The Hall–Kier alpha value is -1.70. The minimum Gasteiger partial charge on any atom is -0.480 e. The zero-order valence-corrected chi connectivity index (χ0v) is 11.9. The molecule has 116 valence electrons. The monoisotopic (exact) mass is 319 g/mol. The number of anilines is 1. The van der Waals surface area contributed by atoms with Crippen LogP contribution in [0.1, 0.15) is 19.3 Å². The first-order chi connectivity index (χ1) is 9.85. The standard InChI is InChI=1S/C13H15F2NO4S/c14-13(15)21(19,20)11-7-2-1-5-9(11)16-8-4-3-6-10(16)12(17)18/h1-2,5,7,10,13H,3-4,6,8H2,(H,17,18). The molecule has 1 aromatic rings. The maximum Gasteiger partial charge on any atom is 0.341 e. The van der Waals surface area contributed by atoms with E-state index < -0.39 is 32.5 Å². The van der Waals surface area contributed by atoms with Gasteiger partial charge in [-0.1, -0.05) is 12.1 Å². The number of carboxylic acid groups (broad SMARTS) is 1. The quantitative estimate of drug-likeness (QED) is 0.920. The van der Waals surface area contributed by atoms with Gasteiger partial charge in [0.1, 0.15) is 6.04 Å². The van der Waals surface area contributed by atoms with Gasteiger partial charge in [-0.05, 0) is 31.4 Å². The van der Waals surface area contributed by atoms with Gasteiger partial charge in [0.05, 0.1) is 10.6 Å². The molecule has 8 heteroatoms. The van der Waals surface area contributed by atoms with Gasteiger partial charge in [-0.2, -0.15) is 8.78 Å². The Balaban J connectivity index is 2.51. The Kier molecular flexibility index (Phi) is 4.46.